The summed E-state index contributed by atoms with van der Waals surface area (Å²) in [5.74, 6) is 0. The second kappa shape index (κ2) is 10.3. The Kier molecular flexibility index (Phi) is 9.01. The molecule has 0 spiro atoms. The number of aliphatic hydroxyl groups excluding tert-OH is 2. The number of likely N-dealkylation sites (tertiary alicyclic amines) is 2. The maximum absolute atomic E-state index is 11.6. The lowest BCUT2D eigenvalue weighted by atomic mass is 10.2. The predicted molar refractivity (Wildman–Crippen MR) is 106 cm³/mol. The molecule has 28 heavy (non-hydrogen) atoms. The average molecular weight is 403 g/mol. The maximum Gasteiger partial charge on any atom is 0.410 e. The number of ether oxygens (including phenoxy) is 2. The van der Waals surface area contributed by atoms with Gasteiger partial charge in [-0.3, -0.25) is 0 Å². The fourth-order valence-corrected chi connectivity index (χ4v) is 3.17. The molecule has 0 saturated carbocycles. The standard InChI is InChI=1S/2C10H19NO3/c2*1-10(2,3)14-9(13)11-6-4-5-8(11)7-12/h2*8,12H,4-7H2,1-3H3/t2*8-/m11/s1. The third kappa shape index (κ3) is 8.22. The molecule has 0 aromatic carbocycles. The van der Waals surface area contributed by atoms with Crippen LogP contribution in [0, 0.1) is 0 Å². The third-order valence-corrected chi connectivity index (χ3v) is 4.43. The van der Waals surface area contributed by atoms with E-state index in [2.05, 4.69) is 0 Å². The van der Waals surface area contributed by atoms with Crippen molar-refractivity contribution >= 4 is 12.2 Å². The summed E-state index contributed by atoms with van der Waals surface area (Å²) in [7, 11) is 0. The highest BCUT2D eigenvalue weighted by Crippen LogP contribution is 2.21. The number of rotatable bonds is 2. The normalized spacial score (nSPS) is 22.6. The van der Waals surface area contributed by atoms with Gasteiger partial charge in [-0.15, -0.1) is 0 Å². The van der Waals surface area contributed by atoms with E-state index in [1.165, 1.54) is 0 Å². The molecule has 2 fully saturated rings. The molecule has 0 radical (unpaired) electrons. The molecule has 2 amide bonds. The van der Waals surface area contributed by atoms with E-state index in [-0.39, 0.29) is 37.5 Å². The van der Waals surface area contributed by atoms with Gasteiger partial charge in [-0.25, -0.2) is 9.59 Å². The number of amides is 2. The molecule has 2 aliphatic rings. The van der Waals surface area contributed by atoms with Gasteiger partial charge in [0.15, 0.2) is 0 Å². The van der Waals surface area contributed by atoms with Crippen LogP contribution in [0.5, 0.6) is 0 Å². The van der Waals surface area contributed by atoms with Crippen molar-refractivity contribution in [2.24, 2.45) is 0 Å². The summed E-state index contributed by atoms with van der Waals surface area (Å²) >= 11 is 0. The SMILES string of the molecule is CC(C)(C)OC(=O)N1CCC[C@@H]1CO.CC(C)(C)OC(=O)N1CCC[C@@H]1CO. The van der Waals surface area contributed by atoms with Gasteiger partial charge in [0.25, 0.3) is 0 Å². The van der Waals surface area contributed by atoms with Crippen LogP contribution >= 0.6 is 0 Å². The molecule has 0 bridgehead atoms. The number of carbonyl (C=O) groups is 2. The number of carbonyl (C=O) groups excluding carboxylic acids is 2. The minimum absolute atomic E-state index is 0.0270. The molecule has 2 N–H and O–H groups in total. The van der Waals surface area contributed by atoms with Crippen molar-refractivity contribution in [1.82, 2.24) is 9.80 Å². The quantitative estimate of drug-likeness (QED) is 0.737. The molecular formula is C20H38N2O6. The Morgan fingerprint density at radius 2 is 1.11 bits per heavy atom. The van der Waals surface area contributed by atoms with E-state index < -0.39 is 11.2 Å². The zero-order valence-electron chi connectivity index (χ0n) is 18.2. The van der Waals surface area contributed by atoms with E-state index in [9.17, 15) is 9.59 Å². The van der Waals surface area contributed by atoms with Crippen LogP contribution in [0.2, 0.25) is 0 Å². The van der Waals surface area contributed by atoms with Gasteiger partial charge in [-0.05, 0) is 67.2 Å². The first-order valence-electron chi connectivity index (χ1n) is 10.1. The van der Waals surface area contributed by atoms with E-state index in [4.69, 9.17) is 19.7 Å². The van der Waals surface area contributed by atoms with Gasteiger partial charge in [0.2, 0.25) is 0 Å². The minimum Gasteiger partial charge on any atom is -0.444 e. The molecule has 8 nitrogen and oxygen atoms in total. The monoisotopic (exact) mass is 402 g/mol. The summed E-state index contributed by atoms with van der Waals surface area (Å²) in [4.78, 5) is 26.5. The molecule has 2 atom stereocenters. The second-order valence-corrected chi connectivity index (χ2v) is 9.30. The van der Waals surface area contributed by atoms with Crippen molar-refractivity contribution in [3.05, 3.63) is 0 Å². The van der Waals surface area contributed by atoms with E-state index in [1.807, 2.05) is 41.5 Å². The third-order valence-electron chi connectivity index (χ3n) is 4.43. The molecule has 0 aromatic rings. The number of aliphatic hydroxyl groups is 2. The fraction of sp³-hybridized carbons (Fsp3) is 0.900. The molecule has 2 saturated heterocycles. The Hall–Kier alpha value is -1.54. The minimum atomic E-state index is -0.459. The number of nitrogens with zero attached hydrogens (tertiary/aromatic N) is 2. The van der Waals surface area contributed by atoms with Crippen LogP contribution in [0.4, 0.5) is 9.59 Å². The van der Waals surface area contributed by atoms with Gasteiger partial charge in [0.05, 0.1) is 25.3 Å². The lowest BCUT2D eigenvalue weighted by molar-refractivity contribution is 0.0167. The lowest BCUT2D eigenvalue weighted by Gasteiger charge is -2.27. The van der Waals surface area contributed by atoms with E-state index in [0.717, 1.165) is 25.7 Å². The van der Waals surface area contributed by atoms with Crippen LogP contribution in [0.25, 0.3) is 0 Å². The van der Waals surface area contributed by atoms with Gasteiger partial charge in [0.1, 0.15) is 11.2 Å². The highest BCUT2D eigenvalue weighted by molar-refractivity contribution is 5.69. The molecular weight excluding hydrogens is 364 g/mol. The van der Waals surface area contributed by atoms with Crippen molar-refractivity contribution < 1.29 is 29.3 Å². The lowest BCUT2D eigenvalue weighted by Crippen LogP contribution is -2.41. The molecule has 0 aromatic heterocycles. The van der Waals surface area contributed by atoms with Crippen LogP contribution in [0.15, 0.2) is 0 Å². The van der Waals surface area contributed by atoms with Crippen molar-refractivity contribution in [3.8, 4) is 0 Å². The maximum atomic E-state index is 11.6. The topological polar surface area (TPSA) is 99.5 Å². The van der Waals surface area contributed by atoms with Crippen LogP contribution < -0.4 is 0 Å². The first-order chi connectivity index (χ1) is 12.9. The largest absolute Gasteiger partial charge is 0.444 e. The Morgan fingerprint density at radius 1 is 0.786 bits per heavy atom. The van der Waals surface area contributed by atoms with Crippen LogP contribution in [0.1, 0.15) is 67.2 Å². The Labute approximate surface area is 168 Å². The van der Waals surface area contributed by atoms with Crippen LogP contribution in [0.3, 0.4) is 0 Å². The van der Waals surface area contributed by atoms with Crippen molar-refractivity contribution in [1.29, 1.82) is 0 Å². The highest BCUT2D eigenvalue weighted by atomic mass is 16.6. The zero-order valence-corrected chi connectivity index (χ0v) is 18.2. The van der Waals surface area contributed by atoms with Crippen molar-refractivity contribution in [2.75, 3.05) is 26.3 Å². The summed E-state index contributed by atoms with van der Waals surface area (Å²) in [6.07, 6.45) is 3.02. The fourth-order valence-electron chi connectivity index (χ4n) is 3.17. The first kappa shape index (κ1) is 24.5. The Morgan fingerprint density at radius 3 is 1.36 bits per heavy atom. The first-order valence-corrected chi connectivity index (χ1v) is 10.1. The summed E-state index contributed by atoms with van der Waals surface area (Å²) in [5.41, 5.74) is -0.917. The van der Waals surface area contributed by atoms with Crippen molar-refractivity contribution in [2.45, 2.75) is 90.5 Å². The number of hydrogen-bond acceptors (Lipinski definition) is 6. The summed E-state index contributed by atoms with van der Waals surface area (Å²) in [6, 6.07) is -0.102. The Balaban J connectivity index is 0.000000280. The van der Waals surface area contributed by atoms with Gasteiger partial charge in [-0.1, -0.05) is 0 Å². The Bertz CT molecular complexity index is 466. The van der Waals surface area contributed by atoms with Gasteiger partial charge in [-0.2, -0.15) is 0 Å². The molecule has 0 unspecified atom stereocenters. The smallest absolute Gasteiger partial charge is 0.410 e. The highest BCUT2D eigenvalue weighted by Gasteiger charge is 2.32. The molecule has 2 heterocycles. The molecule has 2 aliphatic heterocycles. The summed E-state index contributed by atoms with van der Waals surface area (Å²) < 4.78 is 10.5. The average Bonchev–Trinajstić information content (AvgIpc) is 3.20. The summed E-state index contributed by atoms with van der Waals surface area (Å²) in [5, 5.41) is 18.1. The predicted octanol–water partition coefficient (Wildman–Crippen LogP) is 2.76. The van der Waals surface area contributed by atoms with Gasteiger partial charge >= 0.3 is 12.2 Å². The van der Waals surface area contributed by atoms with Gasteiger partial charge < -0.3 is 29.5 Å². The van der Waals surface area contributed by atoms with Crippen molar-refractivity contribution in [3.63, 3.8) is 0 Å². The number of hydrogen-bond donors (Lipinski definition) is 2. The second-order valence-electron chi connectivity index (χ2n) is 9.30. The van der Waals surface area contributed by atoms with Crippen LogP contribution in [-0.2, 0) is 9.47 Å². The molecule has 2 rings (SSSR count). The summed E-state index contributed by atoms with van der Waals surface area (Å²) in [6.45, 7) is 12.5. The molecule has 8 heteroatoms. The van der Waals surface area contributed by atoms with Crippen LogP contribution in [-0.4, -0.2) is 81.8 Å². The molecule has 164 valence electrons. The molecule has 0 aliphatic carbocycles. The van der Waals surface area contributed by atoms with E-state index in [1.54, 1.807) is 9.80 Å². The van der Waals surface area contributed by atoms with E-state index >= 15 is 0 Å². The van der Waals surface area contributed by atoms with E-state index in [0.29, 0.717) is 13.1 Å². The van der Waals surface area contributed by atoms with Gasteiger partial charge in [0, 0.05) is 13.1 Å². The zero-order chi connectivity index (χ0) is 21.5.